The fraction of sp³-hybridized carbons (Fsp3) is 0.417. The van der Waals surface area contributed by atoms with Crippen molar-refractivity contribution >= 4 is 5.97 Å². The second-order valence-corrected chi connectivity index (χ2v) is 3.67. The van der Waals surface area contributed by atoms with E-state index in [1.807, 2.05) is 26.8 Å². The number of rotatable bonds is 4. The third-order valence-corrected chi connectivity index (χ3v) is 2.60. The van der Waals surface area contributed by atoms with Crippen LogP contribution in [0.4, 0.5) is 0 Å². The Morgan fingerprint density at radius 2 is 2.12 bits per heavy atom. The van der Waals surface area contributed by atoms with E-state index >= 15 is 0 Å². The minimum Gasteiger partial charge on any atom is -0.493 e. The maximum Gasteiger partial charge on any atom is 0.325 e. The van der Waals surface area contributed by atoms with E-state index in [9.17, 15) is 4.79 Å². The van der Waals surface area contributed by atoms with Gasteiger partial charge in [-0.05, 0) is 31.9 Å². The number of benzene rings is 1. The molecule has 1 aromatic carbocycles. The van der Waals surface area contributed by atoms with Crippen molar-refractivity contribution in [2.45, 2.75) is 26.8 Å². The number of carbonyl (C=O) groups is 1. The highest BCUT2D eigenvalue weighted by Gasteiger charge is 2.20. The molecule has 0 spiro atoms. The third-order valence-electron chi connectivity index (χ3n) is 2.60. The van der Waals surface area contributed by atoms with Gasteiger partial charge in [-0.25, -0.2) is 0 Å². The quantitative estimate of drug-likeness (QED) is 0.816. The number of ether oxygens (including phenoxy) is 1. The van der Waals surface area contributed by atoms with E-state index in [2.05, 4.69) is 0 Å². The van der Waals surface area contributed by atoms with Gasteiger partial charge in [0.05, 0.1) is 6.61 Å². The van der Waals surface area contributed by atoms with Crippen molar-refractivity contribution in [3.05, 3.63) is 28.8 Å². The van der Waals surface area contributed by atoms with Crippen LogP contribution in [0.25, 0.3) is 0 Å². The molecular formula is C12H17NO3. The fourth-order valence-corrected chi connectivity index (χ4v) is 1.52. The van der Waals surface area contributed by atoms with Crippen LogP contribution in [0, 0.1) is 13.8 Å². The first-order valence-corrected chi connectivity index (χ1v) is 5.20. The third kappa shape index (κ3) is 2.33. The summed E-state index contributed by atoms with van der Waals surface area (Å²) in [6.45, 7) is 6.20. The highest BCUT2D eigenvalue weighted by molar-refractivity contribution is 5.76. The standard InChI is InChI=1S/C12H17NO3/c1-4-16-11-8(3)7(2)5-6-9(11)10(13)12(14)15/h5-6,10H,4,13H2,1-3H3,(H,14,15). The molecule has 4 nitrogen and oxygen atoms in total. The van der Waals surface area contributed by atoms with Crippen LogP contribution in [-0.2, 0) is 4.79 Å². The van der Waals surface area contributed by atoms with Crippen molar-refractivity contribution in [3.8, 4) is 5.75 Å². The van der Waals surface area contributed by atoms with Gasteiger partial charge in [0.2, 0.25) is 0 Å². The van der Waals surface area contributed by atoms with Gasteiger partial charge in [-0.2, -0.15) is 0 Å². The van der Waals surface area contributed by atoms with Crippen molar-refractivity contribution in [2.24, 2.45) is 5.73 Å². The average Bonchev–Trinajstić information content (AvgIpc) is 2.24. The lowest BCUT2D eigenvalue weighted by atomic mass is 9.99. The Kier molecular flexibility index (Phi) is 3.90. The van der Waals surface area contributed by atoms with Crippen LogP contribution < -0.4 is 10.5 Å². The summed E-state index contributed by atoms with van der Waals surface area (Å²) in [6, 6.07) is 2.53. The molecule has 0 radical (unpaired) electrons. The highest BCUT2D eigenvalue weighted by Crippen LogP contribution is 2.30. The molecule has 3 N–H and O–H groups in total. The molecule has 0 aliphatic heterocycles. The van der Waals surface area contributed by atoms with Crippen molar-refractivity contribution in [2.75, 3.05) is 6.61 Å². The first kappa shape index (κ1) is 12.5. The number of hydrogen-bond donors (Lipinski definition) is 2. The first-order valence-electron chi connectivity index (χ1n) is 5.20. The van der Waals surface area contributed by atoms with Crippen LogP contribution in [0.5, 0.6) is 5.75 Å². The lowest BCUT2D eigenvalue weighted by Gasteiger charge is -2.17. The maximum absolute atomic E-state index is 10.9. The Hall–Kier alpha value is -1.55. The second kappa shape index (κ2) is 4.99. The summed E-state index contributed by atoms with van der Waals surface area (Å²) in [5.41, 5.74) is 8.13. The molecule has 4 heteroatoms. The molecule has 0 aromatic heterocycles. The topological polar surface area (TPSA) is 72.5 Å². The minimum absolute atomic E-state index is 0.490. The summed E-state index contributed by atoms with van der Waals surface area (Å²) in [5.74, 6) is -0.457. The number of aliphatic carboxylic acids is 1. The van der Waals surface area contributed by atoms with Gasteiger partial charge in [0, 0.05) is 5.56 Å². The van der Waals surface area contributed by atoms with E-state index in [0.29, 0.717) is 17.9 Å². The second-order valence-electron chi connectivity index (χ2n) is 3.67. The van der Waals surface area contributed by atoms with Gasteiger partial charge in [-0.3, -0.25) is 4.79 Å². The Bertz CT molecular complexity index is 401. The largest absolute Gasteiger partial charge is 0.493 e. The van der Waals surface area contributed by atoms with Gasteiger partial charge in [0.1, 0.15) is 11.8 Å². The first-order chi connectivity index (χ1) is 7.49. The number of aryl methyl sites for hydroxylation is 1. The number of carboxylic acids is 1. The van der Waals surface area contributed by atoms with E-state index in [1.54, 1.807) is 6.07 Å². The number of carboxylic acid groups (broad SMARTS) is 1. The molecule has 0 aliphatic rings. The van der Waals surface area contributed by atoms with Crippen LogP contribution in [0.15, 0.2) is 12.1 Å². The molecule has 1 rings (SSSR count). The molecule has 0 saturated carbocycles. The summed E-state index contributed by atoms with van der Waals surface area (Å²) < 4.78 is 5.48. The Morgan fingerprint density at radius 1 is 1.50 bits per heavy atom. The molecule has 1 atom stereocenters. The molecule has 0 fully saturated rings. The van der Waals surface area contributed by atoms with Crippen LogP contribution in [0.3, 0.4) is 0 Å². The van der Waals surface area contributed by atoms with Gasteiger partial charge in [-0.1, -0.05) is 12.1 Å². The molecule has 16 heavy (non-hydrogen) atoms. The van der Waals surface area contributed by atoms with Gasteiger partial charge in [0.15, 0.2) is 0 Å². The zero-order chi connectivity index (χ0) is 12.3. The Morgan fingerprint density at radius 3 is 2.62 bits per heavy atom. The van der Waals surface area contributed by atoms with Crippen molar-refractivity contribution in [1.29, 1.82) is 0 Å². The fourth-order valence-electron chi connectivity index (χ4n) is 1.52. The summed E-state index contributed by atoms with van der Waals surface area (Å²) >= 11 is 0. The lowest BCUT2D eigenvalue weighted by Crippen LogP contribution is -2.22. The minimum atomic E-state index is -1.05. The molecule has 88 valence electrons. The summed E-state index contributed by atoms with van der Waals surface area (Å²) in [5, 5.41) is 8.91. The average molecular weight is 223 g/mol. The van der Waals surface area contributed by atoms with Gasteiger partial charge in [-0.15, -0.1) is 0 Å². The van der Waals surface area contributed by atoms with E-state index in [-0.39, 0.29) is 0 Å². The van der Waals surface area contributed by atoms with Crippen LogP contribution in [0.1, 0.15) is 29.7 Å². The normalized spacial score (nSPS) is 12.2. The predicted molar refractivity (Wildman–Crippen MR) is 61.6 cm³/mol. The summed E-state index contributed by atoms with van der Waals surface area (Å²) in [6.07, 6.45) is 0. The van der Waals surface area contributed by atoms with Crippen LogP contribution >= 0.6 is 0 Å². The highest BCUT2D eigenvalue weighted by atomic mass is 16.5. The number of hydrogen-bond acceptors (Lipinski definition) is 3. The monoisotopic (exact) mass is 223 g/mol. The molecule has 0 bridgehead atoms. The summed E-state index contributed by atoms with van der Waals surface area (Å²) in [7, 11) is 0. The Balaban J connectivity index is 3.27. The molecule has 1 aromatic rings. The zero-order valence-electron chi connectivity index (χ0n) is 9.78. The lowest BCUT2D eigenvalue weighted by molar-refractivity contribution is -0.138. The molecule has 1 unspecified atom stereocenters. The SMILES string of the molecule is CCOc1c(C(N)C(=O)O)ccc(C)c1C. The van der Waals surface area contributed by atoms with E-state index in [4.69, 9.17) is 15.6 Å². The Labute approximate surface area is 95.0 Å². The van der Waals surface area contributed by atoms with E-state index < -0.39 is 12.0 Å². The smallest absolute Gasteiger partial charge is 0.325 e. The zero-order valence-corrected chi connectivity index (χ0v) is 9.78. The van der Waals surface area contributed by atoms with Gasteiger partial charge < -0.3 is 15.6 Å². The molecule has 0 heterocycles. The van der Waals surface area contributed by atoms with Crippen LogP contribution in [0.2, 0.25) is 0 Å². The summed E-state index contributed by atoms with van der Waals surface area (Å²) in [4.78, 5) is 10.9. The molecule has 0 aliphatic carbocycles. The molecule has 0 saturated heterocycles. The van der Waals surface area contributed by atoms with E-state index in [1.165, 1.54) is 0 Å². The van der Waals surface area contributed by atoms with Crippen molar-refractivity contribution < 1.29 is 14.6 Å². The molecular weight excluding hydrogens is 206 g/mol. The number of nitrogens with two attached hydrogens (primary N) is 1. The van der Waals surface area contributed by atoms with Crippen molar-refractivity contribution in [3.63, 3.8) is 0 Å². The van der Waals surface area contributed by atoms with Crippen LogP contribution in [-0.4, -0.2) is 17.7 Å². The van der Waals surface area contributed by atoms with Gasteiger partial charge >= 0.3 is 5.97 Å². The predicted octanol–water partition coefficient (Wildman–Crippen LogP) is 1.79. The van der Waals surface area contributed by atoms with Crippen molar-refractivity contribution in [1.82, 2.24) is 0 Å². The van der Waals surface area contributed by atoms with E-state index in [0.717, 1.165) is 11.1 Å². The maximum atomic E-state index is 10.9. The van der Waals surface area contributed by atoms with Gasteiger partial charge in [0.25, 0.3) is 0 Å². The molecule has 0 amide bonds.